The van der Waals surface area contributed by atoms with E-state index in [1.54, 1.807) is 6.20 Å². The van der Waals surface area contributed by atoms with Gasteiger partial charge in [0.05, 0.1) is 11.1 Å². The number of carbonyl (C=O) groups is 1. The van der Waals surface area contributed by atoms with Gasteiger partial charge in [0.15, 0.2) is 0 Å². The zero-order chi connectivity index (χ0) is 15.5. The first-order chi connectivity index (χ1) is 10.7. The van der Waals surface area contributed by atoms with Crippen LogP contribution in [-0.2, 0) is 0 Å². The number of carbonyl (C=O) groups excluding carboxylic acids is 1. The van der Waals surface area contributed by atoms with Crippen LogP contribution in [0.5, 0.6) is 0 Å². The monoisotopic (exact) mass is 297 g/mol. The topological polar surface area (TPSA) is 36.4 Å². The van der Waals surface area contributed by atoms with Gasteiger partial charge in [-0.25, -0.2) is 0 Å². The van der Waals surface area contributed by atoms with Crippen LogP contribution in [0.3, 0.4) is 0 Å². The maximum absolute atomic E-state index is 12.9. The first kappa shape index (κ1) is 15.0. The molecule has 116 valence electrons. The molecule has 0 bridgehead atoms. The summed E-state index contributed by atoms with van der Waals surface area (Å²) in [7, 11) is 2.13. The zero-order valence-electron chi connectivity index (χ0n) is 13.3. The highest BCUT2D eigenvalue weighted by molar-refractivity contribution is 5.97. The minimum absolute atomic E-state index is 0.111. The van der Waals surface area contributed by atoms with Gasteiger partial charge in [0.2, 0.25) is 0 Å². The van der Waals surface area contributed by atoms with Crippen molar-refractivity contribution < 1.29 is 4.79 Å². The number of fused-ring (bicyclic) bond motifs is 1. The number of nitrogens with zero attached hydrogens (tertiary/aromatic N) is 3. The van der Waals surface area contributed by atoms with Crippen molar-refractivity contribution in [3.8, 4) is 0 Å². The fourth-order valence-corrected chi connectivity index (χ4v) is 3.21. The SMILES string of the molecule is CCC1CN(C)CCCN1C(=O)c1cnc2ccccc2c1. The Morgan fingerprint density at radius 2 is 2.14 bits per heavy atom. The van der Waals surface area contributed by atoms with Gasteiger partial charge in [-0.2, -0.15) is 0 Å². The molecule has 0 N–H and O–H groups in total. The van der Waals surface area contributed by atoms with Crippen molar-refractivity contribution in [2.24, 2.45) is 0 Å². The second kappa shape index (κ2) is 6.44. The minimum atomic E-state index is 0.111. The molecule has 0 saturated carbocycles. The highest BCUT2D eigenvalue weighted by atomic mass is 16.2. The van der Waals surface area contributed by atoms with Crippen molar-refractivity contribution >= 4 is 16.8 Å². The summed E-state index contributed by atoms with van der Waals surface area (Å²) in [6, 6.07) is 10.2. The van der Waals surface area contributed by atoms with Gasteiger partial charge < -0.3 is 9.80 Å². The Balaban J connectivity index is 1.89. The van der Waals surface area contributed by atoms with E-state index in [1.807, 2.05) is 35.2 Å². The molecule has 1 saturated heterocycles. The molecule has 1 aliphatic heterocycles. The predicted octanol–water partition coefficient (Wildman–Crippen LogP) is 2.79. The predicted molar refractivity (Wildman–Crippen MR) is 89.0 cm³/mol. The minimum Gasteiger partial charge on any atom is -0.334 e. The average molecular weight is 297 g/mol. The van der Waals surface area contributed by atoms with Gasteiger partial charge in [0, 0.05) is 30.7 Å². The molecular weight excluding hydrogens is 274 g/mol. The number of para-hydroxylation sites is 1. The Bertz CT molecular complexity index is 670. The van der Waals surface area contributed by atoms with Crippen LogP contribution in [0.15, 0.2) is 36.5 Å². The van der Waals surface area contributed by atoms with E-state index in [9.17, 15) is 4.79 Å². The van der Waals surface area contributed by atoms with E-state index < -0.39 is 0 Å². The van der Waals surface area contributed by atoms with Crippen LogP contribution in [-0.4, -0.2) is 53.4 Å². The summed E-state index contributed by atoms with van der Waals surface area (Å²) in [5.41, 5.74) is 1.63. The Kier molecular flexibility index (Phi) is 4.39. The Labute approximate surface area is 131 Å². The number of pyridine rings is 1. The molecule has 2 aromatic rings. The van der Waals surface area contributed by atoms with Crippen molar-refractivity contribution in [2.75, 3.05) is 26.7 Å². The Morgan fingerprint density at radius 1 is 1.32 bits per heavy atom. The second-order valence-corrected chi connectivity index (χ2v) is 6.09. The van der Waals surface area contributed by atoms with Crippen molar-refractivity contribution in [1.82, 2.24) is 14.8 Å². The van der Waals surface area contributed by atoms with E-state index in [0.717, 1.165) is 43.4 Å². The van der Waals surface area contributed by atoms with Gasteiger partial charge in [-0.15, -0.1) is 0 Å². The number of hydrogen-bond donors (Lipinski definition) is 0. The highest BCUT2D eigenvalue weighted by Crippen LogP contribution is 2.18. The fraction of sp³-hybridized carbons (Fsp3) is 0.444. The summed E-state index contributed by atoms with van der Waals surface area (Å²) < 4.78 is 0. The molecule has 1 amide bonds. The second-order valence-electron chi connectivity index (χ2n) is 6.09. The van der Waals surface area contributed by atoms with E-state index in [0.29, 0.717) is 5.56 Å². The van der Waals surface area contributed by atoms with Crippen LogP contribution in [0.2, 0.25) is 0 Å². The Hall–Kier alpha value is -1.94. The van der Waals surface area contributed by atoms with Crippen molar-refractivity contribution in [3.05, 3.63) is 42.1 Å². The molecule has 0 aliphatic carbocycles. The van der Waals surface area contributed by atoms with Gasteiger partial charge in [0.25, 0.3) is 5.91 Å². The Morgan fingerprint density at radius 3 is 2.95 bits per heavy atom. The maximum Gasteiger partial charge on any atom is 0.255 e. The molecule has 3 rings (SSSR count). The summed E-state index contributed by atoms with van der Waals surface area (Å²) in [6.07, 6.45) is 3.73. The maximum atomic E-state index is 12.9. The molecule has 0 spiro atoms. The van der Waals surface area contributed by atoms with Crippen LogP contribution in [0, 0.1) is 0 Å². The standard InChI is InChI=1S/C18H23N3O/c1-3-16-13-20(2)9-6-10-21(16)18(22)15-11-14-7-4-5-8-17(14)19-12-15/h4-5,7-8,11-12,16H,3,6,9-10,13H2,1-2H3. The summed E-state index contributed by atoms with van der Waals surface area (Å²) >= 11 is 0. The van der Waals surface area contributed by atoms with E-state index in [-0.39, 0.29) is 11.9 Å². The fourth-order valence-electron chi connectivity index (χ4n) is 3.21. The number of hydrogen-bond acceptors (Lipinski definition) is 3. The molecule has 1 aromatic heterocycles. The molecule has 1 aromatic carbocycles. The normalized spacial score (nSPS) is 20.1. The first-order valence-corrected chi connectivity index (χ1v) is 8.03. The molecule has 0 radical (unpaired) electrons. The van der Waals surface area contributed by atoms with Gasteiger partial charge in [-0.1, -0.05) is 25.1 Å². The summed E-state index contributed by atoms with van der Waals surface area (Å²) in [6.45, 7) is 4.98. The molecule has 2 heterocycles. The third kappa shape index (κ3) is 2.97. The van der Waals surface area contributed by atoms with Crippen LogP contribution in [0.1, 0.15) is 30.1 Å². The molecule has 1 unspecified atom stereocenters. The van der Waals surface area contributed by atoms with Crippen molar-refractivity contribution in [3.63, 3.8) is 0 Å². The van der Waals surface area contributed by atoms with E-state index in [2.05, 4.69) is 23.9 Å². The molecule has 4 heteroatoms. The third-order valence-corrected chi connectivity index (χ3v) is 4.47. The van der Waals surface area contributed by atoms with Crippen LogP contribution < -0.4 is 0 Å². The molecule has 22 heavy (non-hydrogen) atoms. The summed E-state index contributed by atoms with van der Waals surface area (Å²) in [5.74, 6) is 0.111. The van der Waals surface area contributed by atoms with Crippen LogP contribution in [0.25, 0.3) is 10.9 Å². The van der Waals surface area contributed by atoms with Gasteiger partial charge in [0.1, 0.15) is 0 Å². The molecule has 1 aliphatic rings. The number of rotatable bonds is 2. The third-order valence-electron chi connectivity index (χ3n) is 4.47. The largest absolute Gasteiger partial charge is 0.334 e. The number of benzene rings is 1. The molecule has 1 fully saturated rings. The first-order valence-electron chi connectivity index (χ1n) is 8.03. The lowest BCUT2D eigenvalue weighted by Crippen LogP contribution is -2.43. The lowest BCUT2D eigenvalue weighted by Gasteiger charge is -2.30. The molecular formula is C18H23N3O. The van der Waals surface area contributed by atoms with Crippen molar-refractivity contribution in [2.45, 2.75) is 25.8 Å². The van der Waals surface area contributed by atoms with Crippen molar-refractivity contribution in [1.29, 1.82) is 0 Å². The van der Waals surface area contributed by atoms with Crippen LogP contribution in [0.4, 0.5) is 0 Å². The quantitative estimate of drug-likeness (QED) is 0.855. The van der Waals surface area contributed by atoms with E-state index in [4.69, 9.17) is 0 Å². The molecule has 1 atom stereocenters. The zero-order valence-corrected chi connectivity index (χ0v) is 13.3. The summed E-state index contributed by atoms with van der Waals surface area (Å²) in [4.78, 5) is 21.7. The van der Waals surface area contributed by atoms with Crippen LogP contribution >= 0.6 is 0 Å². The average Bonchev–Trinajstić information content (AvgIpc) is 2.74. The van der Waals surface area contributed by atoms with Gasteiger partial charge in [-0.05, 0) is 38.6 Å². The smallest absolute Gasteiger partial charge is 0.255 e. The summed E-state index contributed by atoms with van der Waals surface area (Å²) in [5, 5.41) is 1.02. The number of amides is 1. The highest BCUT2D eigenvalue weighted by Gasteiger charge is 2.27. The van der Waals surface area contributed by atoms with E-state index >= 15 is 0 Å². The number of likely N-dealkylation sites (N-methyl/N-ethyl adjacent to an activating group) is 1. The number of aromatic nitrogens is 1. The van der Waals surface area contributed by atoms with E-state index in [1.165, 1.54) is 0 Å². The van der Waals surface area contributed by atoms with Gasteiger partial charge >= 0.3 is 0 Å². The molecule has 4 nitrogen and oxygen atoms in total. The lowest BCUT2D eigenvalue weighted by atomic mass is 10.1. The lowest BCUT2D eigenvalue weighted by molar-refractivity contribution is 0.0675. The van der Waals surface area contributed by atoms with Gasteiger partial charge in [-0.3, -0.25) is 9.78 Å².